The van der Waals surface area contributed by atoms with E-state index in [1.54, 1.807) is 0 Å². The Morgan fingerprint density at radius 3 is 2.29 bits per heavy atom. The van der Waals surface area contributed by atoms with E-state index in [4.69, 9.17) is 0 Å². The van der Waals surface area contributed by atoms with Crippen molar-refractivity contribution in [2.75, 3.05) is 0 Å². The van der Waals surface area contributed by atoms with Gasteiger partial charge in [-0.2, -0.15) is 0 Å². The zero-order valence-corrected chi connectivity index (χ0v) is 11.0. The molecule has 0 fully saturated rings. The monoisotopic (exact) mass is 190 g/mol. The summed E-state index contributed by atoms with van der Waals surface area (Å²) in [6.45, 7) is 11.3. The first-order valence-electron chi connectivity index (χ1n) is 6.63. The van der Waals surface area contributed by atoms with E-state index in [-0.39, 0.29) is 0 Å². The van der Waals surface area contributed by atoms with Crippen molar-refractivity contribution in [1.29, 1.82) is 0 Å². The second kappa shape index (κ2) is 8.56. The van der Waals surface area contributed by atoms with Crippen molar-refractivity contribution in [3.05, 3.63) is 0 Å². The highest BCUT2D eigenvalue weighted by Gasteiger charge is 2.24. The summed E-state index contributed by atoms with van der Waals surface area (Å²) in [5.74, 6) is 0.862. The lowest BCUT2D eigenvalue weighted by molar-refractivity contribution is 0.699. The lowest BCUT2D eigenvalue weighted by atomic mass is 8.89. The zero-order valence-electron chi connectivity index (χ0n) is 11.0. The second-order valence-electron chi connectivity index (χ2n) is 5.14. The van der Waals surface area contributed by atoms with Crippen LogP contribution in [0, 0.1) is 0 Å². The van der Waals surface area contributed by atoms with Crippen LogP contribution >= 0.6 is 0 Å². The fraction of sp³-hybridized carbons (Fsp3) is 1.00. The largest absolute Gasteiger partial charge is 0.0969 e. The van der Waals surface area contributed by atoms with Gasteiger partial charge in [-0.15, -0.1) is 0 Å². The maximum Gasteiger partial charge on any atom is 0.0969 e. The molecule has 0 nitrogen and oxygen atoms in total. The van der Waals surface area contributed by atoms with Crippen molar-refractivity contribution < 1.29 is 0 Å². The molecule has 0 aromatic heterocycles. The van der Waals surface area contributed by atoms with Crippen molar-refractivity contribution in [1.82, 2.24) is 0 Å². The molecule has 4 heteroatoms. The molecule has 0 unspecified atom stereocenters. The fourth-order valence-electron chi connectivity index (χ4n) is 2.64. The van der Waals surface area contributed by atoms with Gasteiger partial charge < -0.3 is 0 Å². The Balaban J connectivity index is 3.64. The second-order valence-corrected chi connectivity index (χ2v) is 5.14. The first-order chi connectivity index (χ1) is 6.63. The molecule has 0 amide bonds. The van der Waals surface area contributed by atoms with Gasteiger partial charge in [0.1, 0.15) is 0 Å². The van der Waals surface area contributed by atoms with E-state index in [2.05, 4.69) is 35.3 Å². The Hall–Kier alpha value is 0.260. The predicted molar refractivity (Wildman–Crippen MR) is 77.1 cm³/mol. The average Bonchev–Trinajstić information content (AvgIpc) is 2.13. The minimum atomic E-state index is 0.862. The molecule has 0 aliphatic rings. The van der Waals surface area contributed by atoms with E-state index in [0.29, 0.717) is 0 Å². The van der Waals surface area contributed by atoms with Gasteiger partial charge in [-0.3, -0.25) is 0 Å². The van der Waals surface area contributed by atoms with Crippen LogP contribution in [0.15, 0.2) is 0 Å². The van der Waals surface area contributed by atoms with Crippen molar-refractivity contribution in [2.24, 2.45) is 0 Å². The summed E-state index contributed by atoms with van der Waals surface area (Å²) in [5.41, 5.74) is 0. The summed E-state index contributed by atoms with van der Waals surface area (Å²) >= 11 is 0. The summed E-state index contributed by atoms with van der Waals surface area (Å²) in [7, 11) is 3.69. The highest BCUT2D eigenvalue weighted by Crippen LogP contribution is 2.14. The highest BCUT2D eigenvalue weighted by molar-refractivity contribution is 7.54. The molecule has 0 aliphatic carbocycles. The minimum Gasteiger partial charge on any atom is -0.0927 e. The molecule has 0 aromatic rings. The number of rotatable bonds is 8. The molecule has 0 heterocycles. The Kier molecular flexibility index (Phi) is 8.72. The van der Waals surface area contributed by atoms with E-state index in [9.17, 15) is 0 Å². The normalized spacial score (nSPS) is 10.4. The van der Waals surface area contributed by atoms with Crippen LogP contribution in [-0.2, 0) is 0 Å². The molecule has 0 bridgehead atoms. The lowest BCUT2D eigenvalue weighted by Crippen LogP contribution is -2.41. The molecule has 0 atom stereocenters. The van der Waals surface area contributed by atoms with Crippen LogP contribution in [0.5, 0.6) is 0 Å². The smallest absolute Gasteiger partial charge is 0.0927 e. The molecule has 0 aliphatic heterocycles. The van der Waals surface area contributed by atoms with Gasteiger partial charge >= 0.3 is 0 Å². The number of hydrogen-bond donors (Lipinski definition) is 0. The van der Waals surface area contributed by atoms with Gasteiger partial charge in [0.15, 0.2) is 0 Å². The summed E-state index contributed by atoms with van der Waals surface area (Å²) in [4.78, 5) is 0. The summed E-state index contributed by atoms with van der Waals surface area (Å²) < 4.78 is 0. The lowest BCUT2D eigenvalue weighted by Gasteiger charge is -2.20. The van der Waals surface area contributed by atoms with Crippen LogP contribution in [0.1, 0.15) is 46.5 Å². The molecule has 0 saturated carbocycles. The minimum absolute atomic E-state index is 0.862. The maximum absolute atomic E-state index is 2.44. The van der Waals surface area contributed by atoms with E-state index in [1.165, 1.54) is 39.1 Å². The van der Waals surface area contributed by atoms with Crippen LogP contribution in [-0.4, -0.2) is 27.9 Å². The molecule has 0 spiro atoms. The molecule has 0 radical (unpaired) electrons. The number of hydrogen-bond acceptors (Lipinski definition) is 0. The molecular weight excluding hydrogens is 163 g/mol. The van der Waals surface area contributed by atoms with Gasteiger partial charge in [-0.25, -0.2) is 0 Å². The van der Waals surface area contributed by atoms with Gasteiger partial charge in [0.2, 0.25) is 0 Å². The molecule has 14 heavy (non-hydrogen) atoms. The molecule has 0 aromatic carbocycles. The summed E-state index contributed by atoms with van der Waals surface area (Å²) in [5, 5.41) is 0. The maximum atomic E-state index is 2.44. The molecule has 0 saturated heterocycles. The van der Waals surface area contributed by atoms with Crippen molar-refractivity contribution in [3.8, 4) is 0 Å². The summed E-state index contributed by atoms with van der Waals surface area (Å²) in [6.07, 6.45) is 7.10. The molecular formula is C10H26B4. The Morgan fingerprint density at radius 2 is 1.86 bits per heavy atom. The van der Waals surface area contributed by atoms with Crippen molar-refractivity contribution >= 4 is 27.9 Å². The fourth-order valence-corrected chi connectivity index (χ4v) is 2.64. The van der Waals surface area contributed by atoms with Crippen molar-refractivity contribution in [2.45, 2.75) is 65.4 Å². The standard InChI is InChI=1S/C10H26B4/c1-5-6-7-8-9-13(4)14(12-11)10(2)3/h10,12H,5-9,11H2,1-4H3. The van der Waals surface area contributed by atoms with Crippen LogP contribution in [0.3, 0.4) is 0 Å². The van der Waals surface area contributed by atoms with E-state index < -0.39 is 0 Å². The van der Waals surface area contributed by atoms with E-state index >= 15 is 0 Å². The van der Waals surface area contributed by atoms with Gasteiger partial charge in [0.05, 0.1) is 20.8 Å². The van der Waals surface area contributed by atoms with Gasteiger partial charge in [-0.1, -0.05) is 65.4 Å². The molecule has 0 N–H and O–H groups in total. The Labute approximate surface area is 93.8 Å². The van der Waals surface area contributed by atoms with Crippen LogP contribution in [0.25, 0.3) is 0 Å². The quantitative estimate of drug-likeness (QED) is 0.406. The van der Waals surface area contributed by atoms with Gasteiger partial charge in [-0.05, 0) is 0 Å². The van der Waals surface area contributed by atoms with Crippen LogP contribution in [0.4, 0.5) is 0 Å². The van der Waals surface area contributed by atoms with Gasteiger partial charge in [0.25, 0.3) is 0 Å². The third-order valence-corrected chi connectivity index (χ3v) is 3.57. The Bertz CT molecular complexity index is 127. The van der Waals surface area contributed by atoms with Crippen LogP contribution in [0.2, 0.25) is 19.0 Å². The SMILES string of the molecule is BBB(B(C)CCCCCC)C(C)C. The van der Waals surface area contributed by atoms with Crippen molar-refractivity contribution in [3.63, 3.8) is 0 Å². The zero-order chi connectivity index (χ0) is 11.0. The first-order valence-corrected chi connectivity index (χ1v) is 6.63. The summed E-state index contributed by atoms with van der Waals surface area (Å²) in [6, 6.07) is 0. The van der Waals surface area contributed by atoms with E-state index in [0.717, 1.165) is 18.9 Å². The third-order valence-electron chi connectivity index (χ3n) is 3.57. The van der Waals surface area contributed by atoms with Crippen LogP contribution < -0.4 is 0 Å². The highest BCUT2D eigenvalue weighted by atomic mass is 13.9. The predicted octanol–water partition coefficient (Wildman–Crippen LogP) is 2.16. The van der Waals surface area contributed by atoms with Gasteiger partial charge in [0, 0.05) is 7.06 Å². The van der Waals surface area contributed by atoms with E-state index in [1.807, 2.05) is 0 Å². The topological polar surface area (TPSA) is 0 Å². The average molecular weight is 190 g/mol. The number of unbranched alkanes of at least 4 members (excludes halogenated alkanes) is 3. The molecule has 78 valence electrons. The Morgan fingerprint density at radius 1 is 1.21 bits per heavy atom. The molecule has 0 rings (SSSR count). The first kappa shape index (κ1) is 14.3. The third kappa shape index (κ3) is 5.88.